The van der Waals surface area contributed by atoms with Crippen LogP contribution in [-0.2, 0) is 14.6 Å². The summed E-state index contributed by atoms with van der Waals surface area (Å²) in [6.45, 7) is 2.36. The summed E-state index contributed by atoms with van der Waals surface area (Å²) < 4.78 is 29.7. The van der Waals surface area contributed by atoms with E-state index in [1.807, 2.05) is 4.90 Å². The molecule has 1 fully saturated rings. The fourth-order valence-electron chi connectivity index (χ4n) is 3.00. The van der Waals surface area contributed by atoms with E-state index in [4.69, 9.17) is 4.42 Å². The summed E-state index contributed by atoms with van der Waals surface area (Å²) in [7, 11) is -3.46. The van der Waals surface area contributed by atoms with Gasteiger partial charge in [-0.2, -0.15) is 0 Å². The number of hydrogen-bond acceptors (Lipinski definition) is 6. The minimum absolute atomic E-state index is 0.0391. The number of Topliss-reactive ketones (excluding diaryl/α,β-unsaturated/α-hetero) is 1. The SMILES string of the molecule is O=C(CN1CCN(C(=O)CCS(=O)(=O)c2ccccc2)CC1)c1ccco1. The Labute approximate surface area is 158 Å². The Morgan fingerprint density at radius 1 is 0.963 bits per heavy atom. The molecule has 0 bridgehead atoms. The maximum atomic E-state index is 12.4. The van der Waals surface area contributed by atoms with Gasteiger partial charge in [-0.3, -0.25) is 14.5 Å². The van der Waals surface area contributed by atoms with Crippen molar-refractivity contribution in [3.8, 4) is 0 Å². The van der Waals surface area contributed by atoms with E-state index < -0.39 is 9.84 Å². The number of furan rings is 1. The van der Waals surface area contributed by atoms with Crippen molar-refractivity contribution in [3.63, 3.8) is 0 Å². The quantitative estimate of drug-likeness (QED) is 0.666. The van der Waals surface area contributed by atoms with Gasteiger partial charge in [0, 0.05) is 32.6 Å². The van der Waals surface area contributed by atoms with E-state index in [-0.39, 0.29) is 35.3 Å². The first-order valence-corrected chi connectivity index (χ1v) is 10.5. The normalized spacial score (nSPS) is 15.6. The van der Waals surface area contributed by atoms with Crippen molar-refractivity contribution < 1.29 is 22.4 Å². The molecular formula is C19H22N2O5S. The Bertz CT molecular complexity index is 870. The summed E-state index contributed by atoms with van der Waals surface area (Å²) in [5.41, 5.74) is 0. The predicted molar refractivity (Wildman–Crippen MR) is 99.2 cm³/mol. The van der Waals surface area contributed by atoms with Crippen LogP contribution in [0.15, 0.2) is 58.0 Å². The molecule has 3 rings (SSSR count). The number of carbonyl (C=O) groups excluding carboxylic acids is 2. The third-order valence-corrected chi connectivity index (χ3v) is 6.31. The van der Waals surface area contributed by atoms with Gasteiger partial charge >= 0.3 is 0 Å². The number of piperazine rings is 1. The second kappa shape index (κ2) is 8.49. The van der Waals surface area contributed by atoms with Crippen molar-refractivity contribution in [1.29, 1.82) is 0 Å². The number of amides is 1. The Hall–Kier alpha value is -2.45. The maximum absolute atomic E-state index is 12.4. The number of carbonyl (C=O) groups is 2. The summed E-state index contributed by atoms with van der Waals surface area (Å²) in [5, 5.41) is 0. The van der Waals surface area contributed by atoms with Crippen LogP contribution in [0.5, 0.6) is 0 Å². The fourth-order valence-corrected chi connectivity index (χ4v) is 4.25. The Morgan fingerprint density at radius 3 is 2.30 bits per heavy atom. The fraction of sp³-hybridized carbons (Fsp3) is 0.368. The molecular weight excluding hydrogens is 368 g/mol. The van der Waals surface area contributed by atoms with Crippen molar-refractivity contribution >= 4 is 21.5 Å². The van der Waals surface area contributed by atoms with E-state index >= 15 is 0 Å². The zero-order valence-electron chi connectivity index (χ0n) is 14.9. The van der Waals surface area contributed by atoms with Crippen LogP contribution in [0.2, 0.25) is 0 Å². The molecule has 1 aromatic carbocycles. The molecule has 144 valence electrons. The highest BCUT2D eigenvalue weighted by Crippen LogP contribution is 2.13. The molecule has 0 saturated carbocycles. The van der Waals surface area contributed by atoms with Gasteiger partial charge < -0.3 is 9.32 Å². The molecule has 7 nitrogen and oxygen atoms in total. The molecule has 27 heavy (non-hydrogen) atoms. The van der Waals surface area contributed by atoms with Gasteiger partial charge in [0.1, 0.15) is 0 Å². The van der Waals surface area contributed by atoms with Gasteiger partial charge in [-0.1, -0.05) is 18.2 Å². The van der Waals surface area contributed by atoms with Crippen molar-refractivity contribution in [1.82, 2.24) is 9.80 Å². The van der Waals surface area contributed by atoms with Crippen LogP contribution in [0.4, 0.5) is 0 Å². The second-order valence-electron chi connectivity index (χ2n) is 6.44. The van der Waals surface area contributed by atoms with Crippen LogP contribution in [-0.4, -0.2) is 68.4 Å². The summed E-state index contributed by atoms with van der Waals surface area (Å²) in [6, 6.07) is 11.5. The Morgan fingerprint density at radius 2 is 1.67 bits per heavy atom. The van der Waals surface area contributed by atoms with Crippen LogP contribution in [0.3, 0.4) is 0 Å². The number of benzene rings is 1. The predicted octanol–water partition coefficient (Wildman–Crippen LogP) is 1.47. The zero-order chi connectivity index (χ0) is 19.3. The van der Waals surface area contributed by atoms with E-state index in [0.717, 1.165) is 0 Å². The summed E-state index contributed by atoms with van der Waals surface area (Å²) in [4.78, 5) is 28.3. The van der Waals surface area contributed by atoms with Gasteiger partial charge in [0.05, 0.1) is 23.5 Å². The molecule has 2 aromatic rings. The largest absolute Gasteiger partial charge is 0.461 e. The first kappa shape index (κ1) is 19.3. The lowest BCUT2D eigenvalue weighted by Gasteiger charge is -2.34. The topological polar surface area (TPSA) is 87.9 Å². The molecule has 1 aliphatic heterocycles. The number of nitrogens with zero attached hydrogens (tertiary/aromatic N) is 2. The van der Waals surface area contributed by atoms with Gasteiger partial charge in [0.25, 0.3) is 0 Å². The zero-order valence-corrected chi connectivity index (χ0v) is 15.7. The highest BCUT2D eigenvalue weighted by Gasteiger charge is 2.25. The Kier molecular flexibility index (Phi) is 6.08. The van der Waals surface area contributed by atoms with E-state index in [1.165, 1.54) is 18.4 Å². The Balaban J connectivity index is 1.45. The molecule has 0 spiro atoms. The standard InChI is InChI=1S/C19H22N2O5S/c22-17(18-7-4-13-26-18)15-20-9-11-21(12-10-20)19(23)8-14-27(24,25)16-5-2-1-3-6-16/h1-7,13H,8-12,14-15H2. The monoisotopic (exact) mass is 390 g/mol. The smallest absolute Gasteiger partial charge is 0.223 e. The van der Waals surface area contributed by atoms with Gasteiger partial charge in [-0.25, -0.2) is 8.42 Å². The van der Waals surface area contributed by atoms with Gasteiger partial charge in [-0.15, -0.1) is 0 Å². The number of rotatable bonds is 7. The van der Waals surface area contributed by atoms with Crippen LogP contribution in [0.1, 0.15) is 17.0 Å². The lowest BCUT2D eigenvalue weighted by atomic mass is 10.2. The van der Waals surface area contributed by atoms with Crippen molar-refractivity contribution in [3.05, 3.63) is 54.5 Å². The van der Waals surface area contributed by atoms with Crippen molar-refractivity contribution in [2.24, 2.45) is 0 Å². The highest BCUT2D eigenvalue weighted by atomic mass is 32.2. The average Bonchev–Trinajstić information content (AvgIpc) is 3.22. The van der Waals surface area contributed by atoms with Crippen LogP contribution < -0.4 is 0 Å². The summed E-state index contributed by atoms with van der Waals surface area (Å²) >= 11 is 0. The minimum Gasteiger partial charge on any atom is -0.461 e. The highest BCUT2D eigenvalue weighted by molar-refractivity contribution is 7.91. The number of ketones is 1. The lowest BCUT2D eigenvalue weighted by Crippen LogP contribution is -2.50. The summed E-state index contributed by atoms with van der Waals surface area (Å²) in [6.07, 6.45) is 1.43. The average molecular weight is 390 g/mol. The molecule has 0 atom stereocenters. The molecule has 0 unspecified atom stereocenters. The number of hydrogen-bond donors (Lipinski definition) is 0. The van der Waals surface area contributed by atoms with E-state index in [1.54, 1.807) is 35.2 Å². The first-order valence-electron chi connectivity index (χ1n) is 8.80. The molecule has 0 aliphatic carbocycles. The van der Waals surface area contributed by atoms with E-state index in [9.17, 15) is 18.0 Å². The molecule has 0 radical (unpaired) electrons. The summed E-state index contributed by atoms with van der Waals surface area (Å²) in [5.74, 6) is -0.132. The lowest BCUT2D eigenvalue weighted by molar-refractivity contribution is -0.132. The van der Waals surface area contributed by atoms with Gasteiger partial charge in [-0.05, 0) is 24.3 Å². The molecule has 1 saturated heterocycles. The van der Waals surface area contributed by atoms with Crippen LogP contribution in [0.25, 0.3) is 0 Å². The third kappa shape index (κ3) is 5.05. The molecule has 1 aliphatic rings. The number of sulfone groups is 1. The third-order valence-electron chi connectivity index (χ3n) is 4.58. The minimum atomic E-state index is -3.46. The van der Waals surface area contributed by atoms with Crippen molar-refractivity contribution in [2.75, 3.05) is 38.5 Å². The molecule has 2 heterocycles. The van der Waals surface area contributed by atoms with Crippen LogP contribution >= 0.6 is 0 Å². The molecule has 1 amide bonds. The molecule has 0 N–H and O–H groups in total. The molecule has 8 heteroatoms. The van der Waals surface area contributed by atoms with Crippen LogP contribution in [0, 0.1) is 0 Å². The molecule has 1 aromatic heterocycles. The van der Waals surface area contributed by atoms with Crippen molar-refractivity contribution in [2.45, 2.75) is 11.3 Å². The van der Waals surface area contributed by atoms with Gasteiger partial charge in [0.15, 0.2) is 15.6 Å². The van der Waals surface area contributed by atoms with Gasteiger partial charge in [0.2, 0.25) is 11.7 Å². The first-order chi connectivity index (χ1) is 13.0. The van der Waals surface area contributed by atoms with E-state index in [2.05, 4.69) is 0 Å². The van der Waals surface area contributed by atoms with E-state index in [0.29, 0.717) is 31.9 Å². The second-order valence-corrected chi connectivity index (χ2v) is 8.55. The maximum Gasteiger partial charge on any atom is 0.223 e.